The van der Waals surface area contributed by atoms with E-state index in [1.54, 1.807) is 32.6 Å². The third kappa shape index (κ3) is 6.20. The van der Waals surface area contributed by atoms with Crippen molar-refractivity contribution in [3.8, 4) is 16.8 Å². The molecule has 0 radical (unpaired) electrons. The summed E-state index contributed by atoms with van der Waals surface area (Å²) in [5.41, 5.74) is 1.14. The molecule has 0 unspecified atom stereocenters. The predicted molar refractivity (Wildman–Crippen MR) is 157 cm³/mol. The van der Waals surface area contributed by atoms with E-state index in [1.807, 2.05) is 11.9 Å². The van der Waals surface area contributed by atoms with Gasteiger partial charge in [-0.1, -0.05) is 6.92 Å². The van der Waals surface area contributed by atoms with E-state index >= 15 is 8.78 Å². The summed E-state index contributed by atoms with van der Waals surface area (Å²) < 4.78 is 64.5. The number of rotatable bonds is 11. The molecule has 11 nitrogen and oxygen atoms in total. The summed E-state index contributed by atoms with van der Waals surface area (Å²) >= 11 is 0. The van der Waals surface area contributed by atoms with Crippen molar-refractivity contribution in [2.45, 2.75) is 32.2 Å². The summed E-state index contributed by atoms with van der Waals surface area (Å²) in [5.74, 6) is -1.64. The molecule has 4 heterocycles. The minimum atomic E-state index is -3.81. The number of benzene rings is 1. The second kappa shape index (κ2) is 12.6. The van der Waals surface area contributed by atoms with Gasteiger partial charge in [-0.15, -0.1) is 0 Å². The van der Waals surface area contributed by atoms with E-state index in [9.17, 15) is 8.42 Å². The number of nitrogens with one attached hydrogen (secondary N) is 1. The lowest BCUT2D eigenvalue weighted by atomic mass is 10.0. The normalized spacial score (nSPS) is 14.9. The number of fused-ring (bicyclic) bond motifs is 1. The lowest BCUT2D eigenvalue weighted by Crippen LogP contribution is -2.44. The summed E-state index contributed by atoms with van der Waals surface area (Å²) in [5, 5.41) is 0. The highest BCUT2D eigenvalue weighted by Gasteiger charge is 2.26. The zero-order valence-corrected chi connectivity index (χ0v) is 24.6. The summed E-state index contributed by atoms with van der Waals surface area (Å²) in [6.07, 6.45) is 9.85. The quantitative estimate of drug-likeness (QED) is 0.274. The fourth-order valence-electron chi connectivity index (χ4n) is 5.25. The van der Waals surface area contributed by atoms with Gasteiger partial charge in [-0.2, -0.15) is 0 Å². The van der Waals surface area contributed by atoms with Crippen LogP contribution in [0.1, 0.15) is 26.2 Å². The third-order valence-electron chi connectivity index (χ3n) is 7.48. The molecular formula is C28H34F2N8O3S. The zero-order valence-electron chi connectivity index (χ0n) is 23.8. The van der Waals surface area contributed by atoms with Crippen molar-refractivity contribution < 1.29 is 21.9 Å². The molecule has 1 saturated heterocycles. The van der Waals surface area contributed by atoms with Crippen LogP contribution in [0.3, 0.4) is 0 Å². The van der Waals surface area contributed by atoms with Crippen LogP contribution in [0.15, 0.2) is 43.2 Å². The predicted octanol–water partition coefficient (Wildman–Crippen LogP) is 3.85. The second-order valence-electron chi connectivity index (χ2n) is 10.3. The Hall–Kier alpha value is -3.75. The first-order valence-electron chi connectivity index (χ1n) is 13.8. The van der Waals surface area contributed by atoms with Crippen LogP contribution in [0.5, 0.6) is 0 Å². The minimum absolute atomic E-state index is 0.194. The number of halogens is 2. The third-order valence-corrected chi connectivity index (χ3v) is 8.96. The molecule has 0 atom stereocenters. The van der Waals surface area contributed by atoms with Crippen molar-refractivity contribution in [1.29, 1.82) is 0 Å². The molecule has 0 spiro atoms. The molecular weight excluding hydrogens is 566 g/mol. The highest BCUT2D eigenvalue weighted by Crippen LogP contribution is 2.35. The number of methoxy groups -OCH3 is 1. The first-order chi connectivity index (χ1) is 20.2. The van der Waals surface area contributed by atoms with Crippen molar-refractivity contribution in [1.82, 2.24) is 29.4 Å². The average Bonchev–Trinajstić information content (AvgIpc) is 3.36. The molecule has 14 heteroatoms. The first kappa shape index (κ1) is 29.7. The smallest absolute Gasteiger partial charge is 0.232 e. The Morgan fingerprint density at radius 3 is 2.57 bits per heavy atom. The Labute approximate surface area is 243 Å². The summed E-state index contributed by atoms with van der Waals surface area (Å²) in [6, 6.07) is 2.32. The highest BCUT2D eigenvalue weighted by molar-refractivity contribution is 7.92. The second-order valence-corrected chi connectivity index (χ2v) is 12.1. The molecule has 3 aromatic heterocycles. The number of likely N-dealkylation sites (tertiary alicyclic amines) is 1. The van der Waals surface area contributed by atoms with E-state index in [0.717, 1.165) is 44.6 Å². The lowest BCUT2D eigenvalue weighted by Gasteiger charge is -2.36. The van der Waals surface area contributed by atoms with Gasteiger partial charge in [0.15, 0.2) is 5.82 Å². The van der Waals surface area contributed by atoms with Crippen LogP contribution in [0, 0.1) is 11.6 Å². The van der Waals surface area contributed by atoms with Crippen LogP contribution in [0.2, 0.25) is 0 Å². The van der Waals surface area contributed by atoms with Gasteiger partial charge in [-0.25, -0.2) is 37.1 Å². The number of nitrogens with zero attached hydrogens (tertiary/aromatic N) is 7. The molecule has 1 aliphatic heterocycles. The van der Waals surface area contributed by atoms with Gasteiger partial charge >= 0.3 is 0 Å². The molecule has 1 aliphatic rings. The standard InChI is InChI=1S/C28H34F2N8O3S/c1-4-13-42(39,40)35-23-6-5-22(29)27(25(23)30)38-17-21(19-14-31-18-32-15-19)26-24(38)16-33-28(34-26)36(2)20-7-9-37(10-8-20)11-12-41-3/h5-6,14-18,20,35H,4,7-13H2,1-3H3. The van der Waals surface area contributed by atoms with Crippen molar-refractivity contribution in [3.63, 3.8) is 0 Å². The van der Waals surface area contributed by atoms with Gasteiger partial charge in [0.05, 0.1) is 29.8 Å². The van der Waals surface area contributed by atoms with E-state index in [1.165, 1.54) is 17.1 Å². The number of aromatic nitrogens is 5. The molecule has 0 aliphatic carbocycles. The molecule has 0 amide bonds. The maximum absolute atomic E-state index is 15.8. The number of hydrogen-bond acceptors (Lipinski definition) is 9. The average molecular weight is 601 g/mol. The van der Waals surface area contributed by atoms with Gasteiger partial charge < -0.3 is 19.1 Å². The summed E-state index contributed by atoms with van der Waals surface area (Å²) in [4.78, 5) is 22.1. The minimum Gasteiger partial charge on any atom is -0.383 e. The molecule has 1 aromatic carbocycles. The lowest BCUT2D eigenvalue weighted by molar-refractivity contribution is 0.130. The van der Waals surface area contributed by atoms with Crippen LogP contribution in [0.4, 0.5) is 20.4 Å². The molecule has 5 rings (SSSR count). The van der Waals surface area contributed by atoms with E-state index in [-0.39, 0.29) is 17.5 Å². The Bertz CT molecular complexity index is 1640. The summed E-state index contributed by atoms with van der Waals surface area (Å²) in [7, 11) is -0.163. The molecule has 1 fully saturated rings. The first-order valence-corrected chi connectivity index (χ1v) is 15.4. The van der Waals surface area contributed by atoms with Gasteiger partial charge in [0.25, 0.3) is 0 Å². The van der Waals surface area contributed by atoms with Gasteiger partial charge in [-0.05, 0) is 31.4 Å². The van der Waals surface area contributed by atoms with Crippen LogP contribution in [-0.4, -0.2) is 90.0 Å². The van der Waals surface area contributed by atoms with Crippen LogP contribution in [-0.2, 0) is 14.8 Å². The number of hydrogen-bond donors (Lipinski definition) is 1. The van der Waals surface area contributed by atoms with Crippen molar-refractivity contribution in [2.75, 3.05) is 55.8 Å². The molecule has 42 heavy (non-hydrogen) atoms. The Kier molecular flexibility index (Phi) is 8.94. The topological polar surface area (TPSA) is 118 Å². The SMILES string of the molecule is CCCS(=O)(=O)Nc1ccc(F)c(-n2cc(-c3cncnc3)c3nc(N(C)C4CCN(CCOC)CC4)ncc32)c1F. The van der Waals surface area contributed by atoms with Crippen molar-refractivity contribution >= 4 is 32.7 Å². The van der Waals surface area contributed by atoms with Gasteiger partial charge in [-0.3, -0.25) is 4.72 Å². The van der Waals surface area contributed by atoms with E-state index in [4.69, 9.17) is 9.72 Å². The number of ether oxygens (including phenoxy) is 1. The Morgan fingerprint density at radius 2 is 1.88 bits per heavy atom. The Morgan fingerprint density at radius 1 is 1.14 bits per heavy atom. The van der Waals surface area contributed by atoms with Crippen LogP contribution < -0.4 is 9.62 Å². The van der Waals surface area contributed by atoms with Crippen molar-refractivity contribution in [2.24, 2.45) is 0 Å². The molecule has 4 aromatic rings. The molecule has 224 valence electrons. The molecule has 0 bridgehead atoms. The van der Waals surface area contributed by atoms with E-state index in [0.29, 0.717) is 41.1 Å². The zero-order chi connectivity index (χ0) is 29.9. The number of piperidine rings is 1. The van der Waals surface area contributed by atoms with Gasteiger partial charge in [0, 0.05) is 69.6 Å². The van der Waals surface area contributed by atoms with Crippen molar-refractivity contribution in [3.05, 3.63) is 54.9 Å². The largest absolute Gasteiger partial charge is 0.383 e. The Balaban J connectivity index is 1.56. The van der Waals surface area contributed by atoms with E-state index in [2.05, 4.69) is 24.6 Å². The molecule has 1 N–H and O–H groups in total. The van der Waals surface area contributed by atoms with Gasteiger partial charge in [0.1, 0.15) is 23.3 Å². The number of anilines is 2. The highest BCUT2D eigenvalue weighted by atomic mass is 32.2. The van der Waals surface area contributed by atoms with Crippen LogP contribution in [0.25, 0.3) is 27.8 Å². The van der Waals surface area contributed by atoms with Crippen LogP contribution >= 0.6 is 0 Å². The fraction of sp³-hybridized carbons (Fsp3) is 0.429. The summed E-state index contributed by atoms with van der Waals surface area (Å²) in [6.45, 7) is 5.14. The maximum atomic E-state index is 15.8. The van der Waals surface area contributed by atoms with E-state index < -0.39 is 27.3 Å². The fourth-order valence-corrected chi connectivity index (χ4v) is 6.38. The molecule has 0 saturated carbocycles. The van der Waals surface area contributed by atoms with Gasteiger partial charge in [0.2, 0.25) is 16.0 Å². The maximum Gasteiger partial charge on any atom is 0.232 e. The number of sulfonamides is 1. The monoisotopic (exact) mass is 600 g/mol.